The highest BCUT2D eigenvalue weighted by Crippen LogP contribution is 2.26. The van der Waals surface area contributed by atoms with Crippen molar-refractivity contribution in [3.05, 3.63) is 48.3 Å². The first-order chi connectivity index (χ1) is 12.7. The number of nitrogens with zero attached hydrogens (tertiary/aromatic N) is 2. The summed E-state index contributed by atoms with van der Waals surface area (Å²) in [7, 11) is 3.17. The van der Waals surface area contributed by atoms with Gasteiger partial charge in [-0.2, -0.15) is 0 Å². The van der Waals surface area contributed by atoms with Gasteiger partial charge >= 0.3 is 0 Å². The van der Waals surface area contributed by atoms with Crippen LogP contribution in [0.15, 0.2) is 47.7 Å². The highest BCUT2D eigenvalue weighted by atomic mass is 16.5. The molecule has 0 bridgehead atoms. The van der Waals surface area contributed by atoms with Gasteiger partial charge in [0.2, 0.25) is 0 Å². The molecule has 0 radical (unpaired) electrons. The number of aromatic nitrogens is 1. The molecule has 3 N–H and O–H groups in total. The molecule has 2 rings (SSSR count). The van der Waals surface area contributed by atoms with Crippen molar-refractivity contribution in [2.75, 3.05) is 33.9 Å². The number of aliphatic hydroxyl groups is 1. The van der Waals surface area contributed by atoms with Crippen LogP contribution in [0.2, 0.25) is 0 Å². The molecule has 0 aliphatic carbocycles. The normalized spacial score (nSPS) is 12.5. The van der Waals surface area contributed by atoms with Gasteiger partial charge < -0.3 is 29.8 Å². The van der Waals surface area contributed by atoms with E-state index in [1.807, 2.05) is 31.5 Å². The van der Waals surface area contributed by atoms with E-state index >= 15 is 0 Å². The quantitative estimate of drug-likeness (QED) is 0.469. The average molecular weight is 360 g/mol. The molecule has 2 aromatic rings. The molecule has 142 valence electrons. The summed E-state index contributed by atoms with van der Waals surface area (Å²) in [5, 5.41) is 16.9. The number of guanidine groups is 1. The number of aliphatic hydroxyl groups excluding tert-OH is 1. The molecule has 1 aromatic heterocycles. The molecule has 1 atom stereocenters. The third-order valence-corrected chi connectivity index (χ3v) is 3.85. The van der Waals surface area contributed by atoms with Crippen LogP contribution < -0.4 is 20.1 Å². The van der Waals surface area contributed by atoms with Crippen LogP contribution >= 0.6 is 0 Å². The molecule has 7 nitrogen and oxygen atoms in total. The maximum absolute atomic E-state index is 10.5. The minimum Gasteiger partial charge on any atom is -0.497 e. The number of ether oxygens (including phenoxy) is 2. The summed E-state index contributed by atoms with van der Waals surface area (Å²) in [6.07, 6.45) is 3.29. The largest absolute Gasteiger partial charge is 0.497 e. The number of hydrogen-bond acceptors (Lipinski definition) is 4. The van der Waals surface area contributed by atoms with Gasteiger partial charge in [0.1, 0.15) is 11.5 Å². The second-order valence-corrected chi connectivity index (χ2v) is 5.73. The first-order valence-electron chi connectivity index (χ1n) is 8.70. The number of hydrogen-bond donors (Lipinski definition) is 3. The van der Waals surface area contributed by atoms with Crippen LogP contribution in [0.5, 0.6) is 11.5 Å². The lowest BCUT2D eigenvalue weighted by Crippen LogP contribution is -2.39. The van der Waals surface area contributed by atoms with Gasteiger partial charge in [0.05, 0.1) is 26.9 Å². The van der Waals surface area contributed by atoms with Gasteiger partial charge in [-0.05, 0) is 36.8 Å². The van der Waals surface area contributed by atoms with Gasteiger partial charge in [-0.15, -0.1) is 0 Å². The van der Waals surface area contributed by atoms with E-state index in [1.54, 1.807) is 32.4 Å². The predicted octanol–water partition coefficient (Wildman–Crippen LogP) is 1.79. The topological polar surface area (TPSA) is 80.0 Å². The second kappa shape index (κ2) is 10.4. The molecule has 0 fully saturated rings. The van der Waals surface area contributed by atoms with Crippen molar-refractivity contribution in [2.45, 2.75) is 19.6 Å². The second-order valence-electron chi connectivity index (χ2n) is 5.73. The Balaban J connectivity index is 1.96. The summed E-state index contributed by atoms with van der Waals surface area (Å²) in [6, 6.07) is 9.34. The molecular weight excluding hydrogens is 332 g/mol. The zero-order chi connectivity index (χ0) is 18.8. The smallest absolute Gasteiger partial charge is 0.191 e. The van der Waals surface area contributed by atoms with Gasteiger partial charge in [-0.25, -0.2) is 0 Å². The van der Waals surface area contributed by atoms with Crippen molar-refractivity contribution in [1.82, 2.24) is 15.2 Å². The lowest BCUT2D eigenvalue weighted by molar-refractivity contribution is 0.186. The molecule has 1 unspecified atom stereocenters. The van der Waals surface area contributed by atoms with Crippen LogP contribution in [0.3, 0.4) is 0 Å². The summed E-state index contributed by atoms with van der Waals surface area (Å²) in [6.45, 7) is 4.57. The molecule has 0 spiro atoms. The summed E-state index contributed by atoms with van der Waals surface area (Å²) in [5.74, 6) is 1.95. The van der Waals surface area contributed by atoms with Gasteiger partial charge in [-0.3, -0.25) is 4.99 Å². The minimum atomic E-state index is -0.751. The Hall–Kier alpha value is -2.67. The summed E-state index contributed by atoms with van der Waals surface area (Å²) < 4.78 is 12.6. The van der Waals surface area contributed by atoms with Crippen LogP contribution in [0.1, 0.15) is 18.6 Å². The molecule has 1 aromatic carbocycles. The number of nitrogens with one attached hydrogen (secondary N) is 2. The number of methoxy groups -OCH3 is 2. The first-order valence-corrected chi connectivity index (χ1v) is 8.70. The van der Waals surface area contributed by atoms with E-state index in [9.17, 15) is 5.11 Å². The Morgan fingerprint density at radius 3 is 2.35 bits per heavy atom. The Kier molecular flexibility index (Phi) is 7.82. The van der Waals surface area contributed by atoms with Gasteiger partial charge in [0.15, 0.2) is 5.96 Å². The van der Waals surface area contributed by atoms with E-state index in [1.165, 1.54) is 0 Å². The molecule has 0 aliphatic rings. The fraction of sp³-hybridized carbons (Fsp3) is 0.421. The summed E-state index contributed by atoms with van der Waals surface area (Å²) in [5.41, 5.74) is 0.702. The molecule has 0 aliphatic heterocycles. The Bertz CT molecular complexity index is 664. The van der Waals surface area contributed by atoms with Gasteiger partial charge in [0, 0.05) is 38.1 Å². The average Bonchev–Trinajstić information content (AvgIpc) is 3.18. The van der Waals surface area contributed by atoms with Crippen LogP contribution in [0, 0.1) is 0 Å². The highest BCUT2D eigenvalue weighted by molar-refractivity contribution is 5.79. The third kappa shape index (κ3) is 6.00. The van der Waals surface area contributed by atoms with Crippen LogP contribution in [0.25, 0.3) is 0 Å². The minimum absolute atomic E-state index is 0.231. The predicted molar refractivity (Wildman–Crippen MR) is 103 cm³/mol. The molecule has 7 heteroatoms. The van der Waals surface area contributed by atoms with E-state index in [4.69, 9.17) is 9.47 Å². The monoisotopic (exact) mass is 360 g/mol. The van der Waals surface area contributed by atoms with Crippen LogP contribution in [-0.4, -0.2) is 49.5 Å². The first kappa shape index (κ1) is 19.7. The fourth-order valence-electron chi connectivity index (χ4n) is 2.47. The van der Waals surface area contributed by atoms with Crippen molar-refractivity contribution < 1.29 is 14.6 Å². The Morgan fingerprint density at radius 2 is 1.77 bits per heavy atom. The molecule has 26 heavy (non-hydrogen) atoms. The molecular formula is C19H28N4O3. The molecule has 0 saturated heterocycles. The van der Waals surface area contributed by atoms with Gasteiger partial charge in [0.25, 0.3) is 0 Å². The van der Waals surface area contributed by atoms with E-state index in [0.29, 0.717) is 23.0 Å². The van der Waals surface area contributed by atoms with Crippen molar-refractivity contribution in [3.8, 4) is 11.5 Å². The molecule has 0 amide bonds. The maximum Gasteiger partial charge on any atom is 0.191 e. The maximum atomic E-state index is 10.5. The zero-order valence-corrected chi connectivity index (χ0v) is 15.6. The lowest BCUT2D eigenvalue weighted by atomic mass is 10.1. The van der Waals surface area contributed by atoms with E-state index < -0.39 is 6.10 Å². The van der Waals surface area contributed by atoms with Gasteiger partial charge in [-0.1, -0.05) is 0 Å². The SMILES string of the molecule is CCNC(=NCC(O)c1cc(OC)cc(OC)c1)NCCn1cccc1. The lowest BCUT2D eigenvalue weighted by Gasteiger charge is -2.15. The van der Waals surface area contributed by atoms with E-state index in [2.05, 4.69) is 20.2 Å². The molecule has 1 heterocycles. The summed E-state index contributed by atoms with van der Waals surface area (Å²) >= 11 is 0. The van der Waals surface area contributed by atoms with Crippen LogP contribution in [-0.2, 0) is 6.54 Å². The standard InChI is InChI=1S/C19H28N4O3/c1-4-20-19(21-7-10-23-8-5-6-9-23)22-14-18(24)15-11-16(25-2)13-17(12-15)26-3/h5-6,8-9,11-13,18,24H,4,7,10,14H2,1-3H3,(H2,20,21,22). The summed E-state index contributed by atoms with van der Waals surface area (Å²) in [4.78, 5) is 4.47. The van der Waals surface area contributed by atoms with Crippen molar-refractivity contribution in [1.29, 1.82) is 0 Å². The third-order valence-electron chi connectivity index (χ3n) is 3.85. The van der Waals surface area contributed by atoms with Crippen LogP contribution in [0.4, 0.5) is 0 Å². The number of aliphatic imine (C=N–C) groups is 1. The number of benzene rings is 1. The Labute approximate surface area is 154 Å². The Morgan fingerprint density at radius 1 is 1.12 bits per heavy atom. The van der Waals surface area contributed by atoms with Crippen molar-refractivity contribution in [3.63, 3.8) is 0 Å². The van der Waals surface area contributed by atoms with Crippen molar-refractivity contribution >= 4 is 5.96 Å². The zero-order valence-electron chi connectivity index (χ0n) is 15.6. The van der Waals surface area contributed by atoms with E-state index in [0.717, 1.165) is 19.6 Å². The molecule has 0 saturated carbocycles. The van der Waals surface area contributed by atoms with E-state index in [-0.39, 0.29) is 6.54 Å². The van der Waals surface area contributed by atoms with Crippen molar-refractivity contribution in [2.24, 2.45) is 4.99 Å². The fourth-order valence-corrected chi connectivity index (χ4v) is 2.47. The highest BCUT2D eigenvalue weighted by Gasteiger charge is 2.11. The number of rotatable bonds is 9.